The van der Waals surface area contributed by atoms with Crippen LogP contribution < -0.4 is 4.72 Å². The number of amides is 1. The van der Waals surface area contributed by atoms with Crippen LogP contribution in [0.3, 0.4) is 0 Å². The zero-order valence-electron chi connectivity index (χ0n) is 17.4. The molecule has 1 aromatic rings. The van der Waals surface area contributed by atoms with Crippen molar-refractivity contribution in [3.8, 4) is 0 Å². The van der Waals surface area contributed by atoms with Crippen LogP contribution in [0, 0.1) is 0 Å². The fourth-order valence-corrected chi connectivity index (χ4v) is 5.39. The third kappa shape index (κ3) is 5.59. The summed E-state index contributed by atoms with van der Waals surface area (Å²) in [4.78, 5) is 25.1. The van der Waals surface area contributed by atoms with E-state index in [0.29, 0.717) is 12.2 Å². The maximum Gasteiger partial charge on any atom is 0.410 e. The first kappa shape index (κ1) is 22.7. The molecule has 8 nitrogen and oxygen atoms in total. The van der Waals surface area contributed by atoms with Crippen molar-refractivity contribution in [2.24, 2.45) is 0 Å². The van der Waals surface area contributed by atoms with Crippen molar-refractivity contribution >= 4 is 22.4 Å². The van der Waals surface area contributed by atoms with E-state index in [9.17, 15) is 18.0 Å². The van der Waals surface area contributed by atoms with Gasteiger partial charge in [0, 0.05) is 6.04 Å². The van der Waals surface area contributed by atoms with Crippen molar-refractivity contribution < 1.29 is 27.5 Å². The molecule has 1 saturated heterocycles. The van der Waals surface area contributed by atoms with E-state index in [-0.39, 0.29) is 19.1 Å². The molecule has 1 saturated carbocycles. The lowest BCUT2D eigenvalue weighted by molar-refractivity contribution is -0.111. The van der Waals surface area contributed by atoms with Crippen LogP contribution in [0.4, 0.5) is 4.79 Å². The van der Waals surface area contributed by atoms with Crippen molar-refractivity contribution in [1.82, 2.24) is 9.62 Å². The number of ether oxygens (including phenoxy) is 2. The van der Waals surface area contributed by atoms with Gasteiger partial charge >= 0.3 is 6.09 Å². The number of nitrogens with zero attached hydrogens (tertiary/aromatic N) is 1. The number of carbonyl (C=O) groups excluding carboxylic acids is 2. The predicted molar refractivity (Wildman–Crippen MR) is 112 cm³/mol. The van der Waals surface area contributed by atoms with Gasteiger partial charge in [-0.15, -0.1) is 0 Å². The van der Waals surface area contributed by atoms with Gasteiger partial charge in [-0.1, -0.05) is 30.3 Å². The van der Waals surface area contributed by atoms with Crippen LogP contribution in [0.5, 0.6) is 0 Å². The van der Waals surface area contributed by atoms with E-state index in [2.05, 4.69) is 29.0 Å². The zero-order chi connectivity index (χ0) is 21.7. The van der Waals surface area contributed by atoms with Gasteiger partial charge < -0.3 is 14.3 Å². The highest BCUT2D eigenvalue weighted by atomic mass is 32.2. The van der Waals surface area contributed by atoms with Gasteiger partial charge in [-0.2, -0.15) is 0 Å². The first-order chi connectivity index (χ1) is 14.3. The Kier molecular flexibility index (Phi) is 7.49. The maximum absolute atomic E-state index is 12.3. The molecule has 3 rings (SSSR count). The largest absolute Gasteiger partial charge is 0.453 e. The molecule has 1 amide bonds. The van der Waals surface area contributed by atoms with E-state index in [0.717, 1.165) is 31.9 Å². The summed E-state index contributed by atoms with van der Waals surface area (Å²) >= 11 is 0. The van der Waals surface area contributed by atoms with Gasteiger partial charge in [-0.25, -0.2) is 17.9 Å². The number of aldehydes is 1. The molecular weight excluding hydrogens is 408 g/mol. The van der Waals surface area contributed by atoms with Crippen molar-refractivity contribution in [3.05, 3.63) is 35.9 Å². The fourth-order valence-electron chi connectivity index (χ4n) is 4.59. The van der Waals surface area contributed by atoms with E-state index in [1.54, 1.807) is 0 Å². The number of likely N-dealkylation sites (tertiary alicyclic amines) is 1. The first-order valence-corrected chi connectivity index (χ1v) is 12.2. The van der Waals surface area contributed by atoms with E-state index in [1.165, 1.54) is 17.6 Å². The molecule has 30 heavy (non-hydrogen) atoms. The summed E-state index contributed by atoms with van der Waals surface area (Å²) in [5.74, 6) is 0.517. The number of methoxy groups -OCH3 is 1. The van der Waals surface area contributed by atoms with Crippen molar-refractivity contribution in [3.63, 3.8) is 0 Å². The van der Waals surface area contributed by atoms with E-state index < -0.39 is 34.2 Å². The van der Waals surface area contributed by atoms with Gasteiger partial charge in [-0.3, -0.25) is 4.90 Å². The molecule has 1 N–H and O–H groups in total. The second-order valence-electron chi connectivity index (χ2n) is 8.10. The molecule has 2 fully saturated rings. The summed E-state index contributed by atoms with van der Waals surface area (Å²) in [7, 11) is -2.27. The minimum Gasteiger partial charge on any atom is -0.453 e. The molecule has 1 aromatic carbocycles. The smallest absolute Gasteiger partial charge is 0.410 e. The quantitative estimate of drug-likeness (QED) is 0.654. The monoisotopic (exact) mass is 438 g/mol. The van der Waals surface area contributed by atoms with Crippen LogP contribution in [0.2, 0.25) is 0 Å². The lowest BCUT2D eigenvalue weighted by atomic mass is 9.83. The number of benzene rings is 1. The zero-order valence-corrected chi connectivity index (χ0v) is 18.2. The normalized spacial score (nSPS) is 29.5. The van der Waals surface area contributed by atoms with Gasteiger partial charge in [0.15, 0.2) is 0 Å². The number of sulfonamides is 1. The lowest BCUT2D eigenvalue weighted by Crippen LogP contribution is -2.50. The van der Waals surface area contributed by atoms with Gasteiger partial charge in [-0.05, 0) is 43.6 Å². The van der Waals surface area contributed by atoms with Gasteiger partial charge in [0.25, 0.3) is 0 Å². The Morgan fingerprint density at radius 1 is 1.20 bits per heavy atom. The van der Waals surface area contributed by atoms with Crippen LogP contribution >= 0.6 is 0 Å². The molecule has 166 valence electrons. The molecule has 1 aliphatic carbocycles. The summed E-state index contributed by atoms with van der Waals surface area (Å²) in [6, 6.07) is 8.47. The van der Waals surface area contributed by atoms with Gasteiger partial charge in [0.05, 0.1) is 38.2 Å². The van der Waals surface area contributed by atoms with Crippen LogP contribution in [0.15, 0.2) is 30.3 Å². The van der Waals surface area contributed by atoms with Crippen LogP contribution in [0.25, 0.3) is 0 Å². The summed E-state index contributed by atoms with van der Waals surface area (Å²) in [5, 5.41) is 0. The Morgan fingerprint density at radius 3 is 2.43 bits per heavy atom. The second-order valence-corrected chi connectivity index (χ2v) is 9.88. The van der Waals surface area contributed by atoms with E-state index in [4.69, 9.17) is 9.47 Å². The summed E-state index contributed by atoms with van der Waals surface area (Å²) < 4.78 is 37.0. The van der Waals surface area contributed by atoms with Crippen molar-refractivity contribution in [2.45, 2.75) is 62.3 Å². The molecule has 2 aliphatic rings. The lowest BCUT2D eigenvalue weighted by Gasteiger charge is -2.33. The standard InChI is InChI=1S/C21H30N2O6S/c1-28-21(25)23-17(13-24)12-19(22-30(2,26)27)20(23)14-29-18-10-8-16(9-11-18)15-6-4-3-5-7-15/h3-7,13,16-20,22H,8-12,14H2,1-2H3. The predicted octanol–water partition coefficient (Wildman–Crippen LogP) is 2.06. The molecule has 0 aromatic heterocycles. The molecule has 3 unspecified atom stereocenters. The summed E-state index contributed by atoms with van der Waals surface area (Å²) in [6.07, 6.45) is 5.11. The Morgan fingerprint density at radius 2 is 1.87 bits per heavy atom. The number of hydrogen-bond acceptors (Lipinski definition) is 6. The van der Waals surface area contributed by atoms with Crippen molar-refractivity contribution in [1.29, 1.82) is 0 Å². The number of carbonyl (C=O) groups is 2. The molecule has 9 heteroatoms. The first-order valence-electron chi connectivity index (χ1n) is 10.3. The molecule has 0 spiro atoms. The highest BCUT2D eigenvalue weighted by Gasteiger charge is 2.46. The third-order valence-electron chi connectivity index (χ3n) is 6.03. The summed E-state index contributed by atoms with van der Waals surface area (Å²) in [6.45, 7) is 0.146. The Labute approximate surface area is 178 Å². The highest BCUT2D eigenvalue weighted by Crippen LogP contribution is 2.34. The minimum atomic E-state index is -3.51. The van der Waals surface area contributed by atoms with Crippen LogP contribution in [-0.4, -0.2) is 69.9 Å². The Bertz CT molecular complexity index is 823. The SMILES string of the molecule is COC(=O)N1C(C=O)CC(NS(C)(=O)=O)C1COC1CCC(c2ccccc2)CC1. The minimum absolute atomic E-state index is 0.0404. The van der Waals surface area contributed by atoms with Crippen molar-refractivity contribution in [2.75, 3.05) is 20.0 Å². The average Bonchev–Trinajstić information content (AvgIpc) is 3.08. The Hall–Kier alpha value is -1.97. The average molecular weight is 439 g/mol. The maximum atomic E-state index is 12.3. The van der Waals surface area contributed by atoms with Gasteiger partial charge in [0.2, 0.25) is 10.0 Å². The Balaban J connectivity index is 1.63. The molecule has 0 bridgehead atoms. The number of hydrogen-bond donors (Lipinski definition) is 1. The summed E-state index contributed by atoms with van der Waals surface area (Å²) in [5.41, 5.74) is 1.34. The third-order valence-corrected chi connectivity index (χ3v) is 6.76. The molecular formula is C21H30N2O6S. The molecule has 3 atom stereocenters. The van der Waals surface area contributed by atoms with Crippen LogP contribution in [-0.2, 0) is 24.3 Å². The highest BCUT2D eigenvalue weighted by molar-refractivity contribution is 7.88. The molecule has 1 heterocycles. The second kappa shape index (κ2) is 9.89. The number of rotatable bonds is 7. The van der Waals surface area contributed by atoms with E-state index >= 15 is 0 Å². The van der Waals surface area contributed by atoms with Gasteiger partial charge in [0.1, 0.15) is 6.29 Å². The molecule has 1 aliphatic heterocycles. The van der Waals surface area contributed by atoms with Crippen LogP contribution in [0.1, 0.15) is 43.6 Å². The van der Waals surface area contributed by atoms with E-state index in [1.807, 2.05) is 6.07 Å². The molecule has 0 radical (unpaired) electrons. The fraction of sp³-hybridized carbons (Fsp3) is 0.619. The number of nitrogens with one attached hydrogen (secondary N) is 1. The topological polar surface area (TPSA) is 102 Å².